The molecule has 1 aliphatic rings. The van der Waals surface area contributed by atoms with Gasteiger partial charge in [0.25, 0.3) is 0 Å². The van der Waals surface area contributed by atoms with Crippen molar-refractivity contribution < 1.29 is 13.6 Å². The van der Waals surface area contributed by atoms with Crippen molar-refractivity contribution in [3.8, 4) is 0 Å². The summed E-state index contributed by atoms with van der Waals surface area (Å²) in [6, 6.07) is 0. The normalized spacial score (nSPS) is 21.4. The lowest BCUT2D eigenvalue weighted by atomic mass is 9.96. The molecule has 4 heteroatoms. The molecule has 0 aromatic heterocycles. The summed E-state index contributed by atoms with van der Waals surface area (Å²) in [5, 5.41) is -0.125. The van der Waals surface area contributed by atoms with Crippen LogP contribution in [0.15, 0.2) is 0 Å². The number of hydrogen-bond acceptors (Lipinski definition) is 3. The molecule has 0 amide bonds. The molecule has 1 rings (SSSR count). The average molecular weight is 246 g/mol. The molecule has 96 valence electrons. The van der Waals surface area contributed by atoms with E-state index in [4.69, 9.17) is 13.6 Å². The highest BCUT2D eigenvalue weighted by atomic mass is 28.3. The van der Waals surface area contributed by atoms with Crippen molar-refractivity contribution in [2.24, 2.45) is 0 Å². The first-order chi connectivity index (χ1) is 7.43. The predicted octanol–water partition coefficient (Wildman–Crippen LogP) is 2.56. The topological polar surface area (TPSA) is 27.7 Å². The van der Waals surface area contributed by atoms with Gasteiger partial charge < -0.3 is 13.6 Å². The van der Waals surface area contributed by atoms with Gasteiger partial charge in [-0.2, -0.15) is 0 Å². The lowest BCUT2D eigenvalue weighted by Crippen LogP contribution is -2.55. The van der Waals surface area contributed by atoms with Gasteiger partial charge in [0.05, 0.1) is 5.60 Å². The average Bonchev–Trinajstić information content (AvgIpc) is 2.18. The van der Waals surface area contributed by atoms with E-state index in [-0.39, 0.29) is 10.8 Å². The summed E-state index contributed by atoms with van der Waals surface area (Å²) in [4.78, 5) is 0. The third kappa shape index (κ3) is 3.55. The van der Waals surface area contributed by atoms with Crippen LogP contribution in [-0.4, -0.2) is 34.3 Å². The lowest BCUT2D eigenvalue weighted by Gasteiger charge is -2.44. The third-order valence-corrected chi connectivity index (χ3v) is 5.48. The maximum absolute atomic E-state index is 6.32. The fourth-order valence-electron chi connectivity index (χ4n) is 2.67. The van der Waals surface area contributed by atoms with Crippen LogP contribution in [0.25, 0.3) is 0 Å². The first-order valence-electron chi connectivity index (χ1n) is 6.19. The smallest absolute Gasteiger partial charge is 0.354 e. The molecule has 0 aliphatic heterocycles. The van der Waals surface area contributed by atoms with E-state index in [0.29, 0.717) is 0 Å². The lowest BCUT2D eigenvalue weighted by molar-refractivity contribution is -0.120. The van der Waals surface area contributed by atoms with Crippen LogP contribution >= 0.6 is 0 Å². The van der Waals surface area contributed by atoms with Crippen molar-refractivity contribution >= 4 is 9.28 Å². The minimum absolute atomic E-state index is 0.125. The minimum Gasteiger partial charge on any atom is -0.398 e. The second-order valence-corrected chi connectivity index (χ2v) is 8.30. The van der Waals surface area contributed by atoms with Gasteiger partial charge in [0, 0.05) is 14.2 Å². The van der Waals surface area contributed by atoms with Gasteiger partial charge in [0.1, 0.15) is 5.22 Å². The van der Waals surface area contributed by atoms with E-state index < -0.39 is 9.28 Å². The minimum atomic E-state index is -1.73. The Labute approximate surface area is 101 Å². The highest BCUT2D eigenvalue weighted by Crippen LogP contribution is 2.37. The van der Waals surface area contributed by atoms with E-state index in [2.05, 4.69) is 20.8 Å². The molecule has 0 spiro atoms. The number of hydrogen-bond donors (Lipinski definition) is 0. The summed E-state index contributed by atoms with van der Waals surface area (Å²) in [6.07, 6.45) is 5.94. The van der Waals surface area contributed by atoms with Gasteiger partial charge >= 0.3 is 9.28 Å². The fourth-order valence-corrected chi connectivity index (χ4v) is 5.05. The van der Waals surface area contributed by atoms with E-state index in [1.165, 1.54) is 19.3 Å². The fraction of sp³-hybridized carbons (Fsp3) is 1.00. The zero-order chi connectivity index (χ0) is 12.2. The molecule has 1 fully saturated rings. The van der Waals surface area contributed by atoms with Crippen molar-refractivity contribution in [3.63, 3.8) is 0 Å². The molecular weight excluding hydrogens is 220 g/mol. The van der Waals surface area contributed by atoms with E-state index in [1.54, 1.807) is 14.2 Å². The van der Waals surface area contributed by atoms with Gasteiger partial charge in [0.15, 0.2) is 0 Å². The molecule has 0 saturated heterocycles. The quantitative estimate of drug-likeness (QED) is 0.714. The molecule has 0 aromatic carbocycles. The monoisotopic (exact) mass is 246 g/mol. The van der Waals surface area contributed by atoms with Gasteiger partial charge in [-0.25, -0.2) is 0 Å². The van der Waals surface area contributed by atoms with Gasteiger partial charge in [0.2, 0.25) is 0 Å². The molecule has 0 atom stereocenters. The molecule has 0 N–H and O–H groups in total. The first-order valence-corrected chi connectivity index (χ1v) is 7.71. The highest BCUT2D eigenvalue weighted by molar-refractivity contribution is 6.48. The molecular formula is C12H26O3Si. The molecule has 0 aromatic rings. The molecule has 3 nitrogen and oxygen atoms in total. The Balaban J connectivity index is 2.82. The van der Waals surface area contributed by atoms with E-state index >= 15 is 0 Å². The van der Waals surface area contributed by atoms with Crippen LogP contribution < -0.4 is 0 Å². The summed E-state index contributed by atoms with van der Waals surface area (Å²) in [7, 11) is 1.77. The zero-order valence-corrected chi connectivity index (χ0v) is 12.5. The molecule has 0 radical (unpaired) electrons. The van der Waals surface area contributed by atoms with Crippen molar-refractivity contribution in [2.75, 3.05) is 14.2 Å². The second-order valence-electron chi connectivity index (χ2n) is 5.64. The van der Waals surface area contributed by atoms with Gasteiger partial charge in [-0.1, -0.05) is 19.3 Å². The van der Waals surface area contributed by atoms with Crippen molar-refractivity contribution in [2.45, 2.75) is 63.7 Å². The highest BCUT2D eigenvalue weighted by Gasteiger charge is 2.46. The van der Waals surface area contributed by atoms with Crippen LogP contribution in [-0.2, 0) is 13.6 Å². The molecule has 0 heterocycles. The number of ether oxygens (including phenoxy) is 1. The zero-order valence-electron chi connectivity index (χ0n) is 11.3. The Kier molecular flexibility index (Phi) is 4.98. The Morgan fingerprint density at radius 3 is 1.81 bits per heavy atom. The SMILES string of the molecule is CO[SiH](OC)C1(OC(C)(C)C)CCCCC1. The van der Waals surface area contributed by atoms with Gasteiger partial charge in [-0.15, -0.1) is 0 Å². The Morgan fingerprint density at radius 1 is 0.938 bits per heavy atom. The van der Waals surface area contributed by atoms with Crippen LogP contribution in [0.4, 0.5) is 0 Å². The van der Waals surface area contributed by atoms with Crippen molar-refractivity contribution in [3.05, 3.63) is 0 Å². The predicted molar refractivity (Wildman–Crippen MR) is 67.8 cm³/mol. The Hall–Kier alpha value is 0.0969. The van der Waals surface area contributed by atoms with Crippen LogP contribution in [0.2, 0.25) is 0 Å². The molecule has 0 unspecified atom stereocenters. The van der Waals surface area contributed by atoms with E-state index in [0.717, 1.165) is 12.8 Å². The van der Waals surface area contributed by atoms with Crippen molar-refractivity contribution in [1.29, 1.82) is 0 Å². The maximum Gasteiger partial charge on any atom is 0.354 e. The van der Waals surface area contributed by atoms with Gasteiger partial charge in [-0.05, 0) is 33.6 Å². The van der Waals surface area contributed by atoms with Crippen LogP contribution in [0, 0.1) is 0 Å². The summed E-state index contributed by atoms with van der Waals surface area (Å²) >= 11 is 0. The largest absolute Gasteiger partial charge is 0.398 e. The maximum atomic E-state index is 6.32. The third-order valence-electron chi connectivity index (χ3n) is 3.07. The molecule has 1 saturated carbocycles. The first kappa shape index (κ1) is 14.2. The molecule has 16 heavy (non-hydrogen) atoms. The Morgan fingerprint density at radius 2 is 1.44 bits per heavy atom. The molecule has 0 bridgehead atoms. The van der Waals surface area contributed by atoms with Crippen LogP contribution in [0.3, 0.4) is 0 Å². The summed E-state index contributed by atoms with van der Waals surface area (Å²) < 4.78 is 17.5. The van der Waals surface area contributed by atoms with E-state index in [9.17, 15) is 0 Å². The number of rotatable bonds is 4. The second kappa shape index (κ2) is 5.62. The summed E-state index contributed by atoms with van der Waals surface area (Å²) in [5.41, 5.74) is -0.125. The Bertz CT molecular complexity index is 203. The molecule has 1 aliphatic carbocycles. The van der Waals surface area contributed by atoms with E-state index in [1.807, 2.05) is 0 Å². The van der Waals surface area contributed by atoms with Gasteiger partial charge in [-0.3, -0.25) is 0 Å². The standard InChI is InChI=1S/C12H26O3Si/c1-11(2,3)15-12(16(13-4)14-5)9-7-6-8-10-12/h16H,6-10H2,1-5H3. The summed E-state index contributed by atoms with van der Waals surface area (Å²) in [6.45, 7) is 6.33. The van der Waals surface area contributed by atoms with Crippen LogP contribution in [0.5, 0.6) is 0 Å². The van der Waals surface area contributed by atoms with Crippen molar-refractivity contribution in [1.82, 2.24) is 0 Å². The van der Waals surface area contributed by atoms with Crippen LogP contribution in [0.1, 0.15) is 52.9 Å². The summed E-state index contributed by atoms with van der Waals surface area (Å²) in [5.74, 6) is 0.